The number of carboxylic acids is 1. The summed E-state index contributed by atoms with van der Waals surface area (Å²) < 4.78 is 5.57. The third kappa shape index (κ3) is 6.44. The van der Waals surface area contributed by atoms with E-state index in [-0.39, 0.29) is 30.5 Å². The molecule has 7 nitrogen and oxygen atoms in total. The molecule has 0 aliphatic carbocycles. The highest BCUT2D eigenvalue weighted by Crippen LogP contribution is 2.15. The zero-order valence-corrected chi connectivity index (χ0v) is 13.2. The molecule has 0 aromatic carbocycles. The van der Waals surface area contributed by atoms with Crippen LogP contribution in [0.3, 0.4) is 0 Å². The van der Waals surface area contributed by atoms with Gasteiger partial charge in [-0.15, -0.1) is 0 Å². The smallest absolute Gasteiger partial charge is 0.303 e. The summed E-state index contributed by atoms with van der Waals surface area (Å²) in [5, 5.41) is 11.1. The van der Waals surface area contributed by atoms with Crippen molar-refractivity contribution in [2.24, 2.45) is 0 Å². The molecular weight excluding hydrogens is 344 g/mol. The average Bonchev–Trinajstić information content (AvgIpc) is 2.83. The van der Waals surface area contributed by atoms with Gasteiger partial charge in [0.25, 0.3) is 5.91 Å². The van der Waals surface area contributed by atoms with Crippen molar-refractivity contribution in [3.05, 3.63) is 22.6 Å². The summed E-state index contributed by atoms with van der Waals surface area (Å²) in [7, 11) is 1.50. The number of hydrogen-bond donors (Lipinski definition) is 2. The monoisotopic (exact) mass is 360 g/mol. The number of carboxylic acid groups (broad SMARTS) is 1. The summed E-state index contributed by atoms with van der Waals surface area (Å²) in [4.78, 5) is 35.1. The van der Waals surface area contributed by atoms with Crippen molar-refractivity contribution in [3.63, 3.8) is 0 Å². The van der Waals surface area contributed by atoms with E-state index in [1.165, 1.54) is 18.0 Å². The molecule has 1 aromatic heterocycles. The number of nitrogens with zero attached hydrogens (tertiary/aromatic N) is 1. The van der Waals surface area contributed by atoms with Gasteiger partial charge in [0.05, 0.1) is 6.54 Å². The average molecular weight is 361 g/mol. The summed E-state index contributed by atoms with van der Waals surface area (Å²) in [5.41, 5.74) is 0. The summed E-state index contributed by atoms with van der Waals surface area (Å²) >= 11 is 3.10. The van der Waals surface area contributed by atoms with Crippen molar-refractivity contribution < 1.29 is 23.9 Å². The number of rotatable bonds is 8. The largest absolute Gasteiger partial charge is 0.481 e. The van der Waals surface area contributed by atoms with E-state index in [9.17, 15) is 14.4 Å². The molecule has 0 spiro atoms. The molecule has 0 saturated carbocycles. The van der Waals surface area contributed by atoms with Crippen LogP contribution >= 0.6 is 15.9 Å². The van der Waals surface area contributed by atoms with Gasteiger partial charge in [-0.3, -0.25) is 14.4 Å². The van der Waals surface area contributed by atoms with Crippen LogP contribution in [0, 0.1) is 0 Å². The molecule has 1 aromatic rings. The van der Waals surface area contributed by atoms with Crippen molar-refractivity contribution in [1.82, 2.24) is 10.2 Å². The van der Waals surface area contributed by atoms with Gasteiger partial charge in [-0.2, -0.15) is 0 Å². The van der Waals surface area contributed by atoms with Gasteiger partial charge in [-0.1, -0.05) is 0 Å². The summed E-state index contributed by atoms with van der Waals surface area (Å²) in [6, 6.07) is 3.12. The first-order valence-corrected chi connectivity index (χ1v) is 7.18. The Morgan fingerprint density at radius 3 is 2.62 bits per heavy atom. The molecule has 8 heteroatoms. The van der Waals surface area contributed by atoms with E-state index in [0.29, 0.717) is 24.1 Å². The fourth-order valence-electron chi connectivity index (χ4n) is 1.59. The Morgan fingerprint density at radius 1 is 1.33 bits per heavy atom. The van der Waals surface area contributed by atoms with Crippen molar-refractivity contribution in [2.45, 2.75) is 19.3 Å². The van der Waals surface area contributed by atoms with Crippen LogP contribution in [0.15, 0.2) is 21.2 Å². The maximum absolute atomic E-state index is 11.9. The Kier molecular flexibility index (Phi) is 6.93. The molecule has 1 heterocycles. The fourth-order valence-corrected chi connectivity index (χ4v) is 1.90. The maximum Gasteiger partial charge on any atom is 0.303 e. The highest BCUT2D eigenvalue weighted by molar-refractivity contribution is 9.10. The normalized spacial score (nSPS) is 10.2. The standard InChI is InChI=1S/C13H17BrN2O5/c1-16(13(20)9-5-6-10(14)21-9)8-11(17)15-7-3-2-4-12(18)19/h5-6H,2-4,7-8H2,1H3,(H,15,17)(H,18,19). The van der Waals surface area contributed by atoms with Crippen LogP contribution in [0.4, 0.5) is 0 Å². The van der Waals surface area contributed by atoms with Crippen molar-refractivity contribution in [2.75, 3.05) is 20.1 Å². The first-order valence-electron chi connectivity index (χ1n) is 6.39. The van der Waals surface area contributed by atoms with E-state index in [1.807, 2.05) is 0 Å². The number of hydrogen-bond acceptors (Lipinski definition) is 4. The number of halogens is 1. The second-order valence-electron chi connectivity index (χ2n) is 4.47. The van der Waals surface area contributed by atoms with Gasteiger partial charge in [0, 0.05) is 20.0 Å². The molecule has 1 rings (SSSR count). The summed E-state index contributed by atoms with van der Waals surface area (Å²) in [6.07, 6.45) is 1.17. The van der Waals surface area contributed by atoms with Gasteiger partial charge < -0.3 is 19.7 Å². The molecule has 0 radical (unpaired) electrons. The molecule has 116 valence electrons. The van der Waals surface area contributed by atoms with Crippen LogP contribution in [0.5, 0.6) is 0 Å². The number of amides is 2. The minimum atomic E-state index is -0.851. The van der Waals surface area contributed by atoms with E-state index in [1.54, 1.807) is 6.07 Å². The van der Waals surface area contributed by atoms with Gasteiger partial charge in [-0.05, 0) is 40.9 Å². The molecule has 0 unspecified atom stereocenters. The Morgan fingerprint density at radius 2 is 2.05 bits per heavy atom. The number of likely N-dealkylation sites (N-methyl/N-ethyl adjacent to an activating group) is 1. The second kappa shape index (κ2) is 8.46. The molecule has 0 aliphatic rings. The van der Waals surface area contributed by atoms with Gasteiger partial charge in [0.2, 0.25) is 5.91 Å². The Balaban J connectivity index is 2.27. The SMILES string of the molecule is CN(CC(=O)NCCCCC(=O)O)C(=O)c1ccc(Br)o1. The van der Waals surface area contributed by atoms with Crippen LogP contribution in [0.25, 0.3) is 0 Å². The molecular formula is C13H17BrN2O5. The van der Waals surface area contributed by atoms with Crippen molar-refractivity contribution >= 4 is 33.7 Å². The highest BCUT2D eigenvalue weighted by Gasteiger charge is 2.17. The minimum Gasteiger partial charge on any atom is -0.481 e. The molecule has 2 N–H and O–H groups in total. The lowest BCUT2D eigenvalue weighted by Gasteiger charge is -2.15. The first kappa shape index (κ1) is 17.2. The van der Waals surface area contributed by atoms with E-state index < -0.39 is 5.97 Å². The van der Waals surface area contributed by atoms with Crippen LogP contribution in [-0.4, -0.2) is 47.9 Å². The lowest BCUT2D eigenvalue weighted by atomic mass is 10.2. The van der Waals surface area contributed by atoms with E-state index in [2.05, 4.69) is 21.2 Å². The van der Waals surface area contributed by atoms with Crippen molar-refractivity contribution in [1.29, 1.82) is 0 Å². The number of carbonyl (C=O) groups excluding carboxylic acids is 2. The maximum atomic E-state index is 11.9. The minimum absolute atomic E-state index is 0.0850. The highest BCUT2D eigenvalue weighted by atomic mass is 79.9. The molecule has 21 heavy (non-hydrogen) atoms. The first-order chi connectivity index (χ1) is 9.90. The van der Waals surface area contributed by atoms with Crippen LogP contribution in [0.2, 0.25) is 0 Å². The van der Waals surface area contributed by atoms with E-state index in [4.69, 9.17) is 9.52 Å². The Labute approximate surface area is 130 Å². The van der Waals surface area contributed by atoms with Gasteiger partial charge >= 0.3 is 5.97 Å². The number of furan rings is 1. The van der Waals surface area contributed by atoms with Gasteiger partial charge in [-0.25, -0.2) is 0 Å². The predicted molar refractivity (Wildman–Crippen MR) is 77.9 cm³/mol. The van der Waals surface area contributed by atoms with Gasteiger partial charge in [0.1, 0.15) is 0 Å². The third-order valence-electron chi connectivity index (χ3n) is 2.65. The predicted octanol–water partition coefficient (Wildman–Crippen LogP) is 1.49. The zero-order chi connectivity index (χ0) is 15.8. The quantitative estimate of drug-likeness (QED) is 0.684. The fraction of sp³-hybridized carbons (Fsp3) is 0.462. The number of nitrogens with one attached hydrogen (secondary N) is 1. The Bertz CT molecular complexity index is 514. The topological polar surface area (TPSA) is 99.9 Å². The van der Waals surface area contributed by atoms with E-state index >= 15 is 0 Å². The molecule has 0 saturated heterocycles. The molecule has 0 aliphatic heterocycles. The third-order valence-corrected chi connectivity index (χ3v) is 3.08. The number of unbranched alkanes of at least 4 members (excludes halogenated alkanes) is 1. The molecule has 0 bridgehead atoms. The second-order valence-corrected chi connectivity index (χ2v) is 5.25. The van der Waals surface area contributed by atoms with Crippen LogP contribution < -0.4 is 5.32 Å². The van der Waals surface area contributed by atoms with Gasteiger partial charge in [0.15, 0.2) is 10.4 Å². The zero-order valence-electron chi connectivity index (χ0n) is 11.6. The summed E-state index contributed by atoms with van der Waals surface area (Å²) in [6.45, 7) is 0.302. The lowest BCUT2D eigenvalue weighted by molar-refractivity contribution is -0.137. The lowest BCUT2D eigenvalue weighted by Crippen LogP contribution is -2.38. The van der Waals surface area contributed by atoms with E-state index in [0.717, 1.165) is 0 Å². The van der Waals surface area contributed by atoms with Crippen LogP contribution in [0.1, 0.15) is 29.8 Å². The Hall–Kier alpha value is -1.83. The molecule has 2 amide bonds. The number of aliphatic carboxylic acids is 1. The molecule has 0 fully saturated rings. The van der Waals surface area contributed by atoms with Crippen molar-refractivity contribution in [3.8, 4) is 0 Å². The number of carbonyl (C=O) groups is 3. The summed E-state index contributed by atoms with van der Waals surface area (Å²) in [5.74, 6) is -1.39. The molecule has 0 atom stereocenters. The van der Waals surface area contributed by atoms with Crippen LogP contribution in [-0.2, 0) is 9.59 Å².